The number of hydrogen-bond donors (Lipinski definition) is 0. The van der Waals surface area contributed by atoms with Crippen LogP contribution in [0.3, 0.4) is 0 Å². The first-order valence-corrected chi connectivity index (χ1v) is 6.26. The summed E-state index contributed by atoms with van der Waals surface area (Å²) in [4.78, 5) is 14.1. The lowest BCUT2D eigenvalue weighted by atomic mass is 9.96. The van der Waals surface area contributed by atoms with Crippen LogP contribution in [0.25, 0.3) is 0 Å². The summed E-state index contributed by atoms with van der Waals surface area (Å²) in [7, 11) is 1.70. The van der Waals surface area contributed by atoms with E-state index in [4.69, 9.17) is 4.74 Å². The molecule has 1 unspecified atom stereocenters. The Morgan fingerprint density at radius 1 is 1.35 bits per heavy atom. The molecular weight excluding hydrogens is 214 g/mol. The minimum Gasteiger partial charge on any atom is -0.496 e. The molecule has 1 saturated heterocycles. The Morgan fingerprint density at radius 3 is 3.06 bits per heavy atom. The van der Waals surface area contributed by atoms with Gasteiger partial charge in [-0.15, -0.1) is 0 Å². The van der Waals surface area contributed by atoms with Crippen molar-refractivity contribution in [2.75, 3.05) is 13.7 Å². The van der Waals surface area contributed by atoms with Gasteiger partial charge in [0.1, 0.15) is 5.75 Å². The van der Waals surface area contributed by atoms with Crippen molar-refractivity contribution in [3.63, 3.8) is 0 Å². The van der Waals surface area contributed by atoms with Crippen LogP contribution in [0.1, 0.15) is 36.4 Å². The number of fused-ring (bicyclic) bond motifs is 3. The monoisotopic (exact) mass is 231 g/mol. The fraction of sp³-hybridized carbons (Fsp3) is 0.500. The molecule has 0 aliphatic carbocycles. The molecule has 90 valence electrons. The number of carbonyl (C=O) groups is 1. The molecule has 0 bridgehead atoms. The van der Waals surface area contributed by atoms with Crippen molar-refractivity contribution in [1.29, 1.82) is 0 Å². The highest BCUT2D eigenvalue weighted by atomic mass is 16.5. The van der Waals surface area contributed by atoms with Crippen molar-refractivity contribution < 1.29 is 9.53 Å². The maximum absolute atomic E-state index is 12.0. The van der Waals surface area contributed by atoms with Gasteiger partial charge in [-0.05, 0) is 36.5 Å². The molecule has 1 aromatic rings. The van der Waals surface area contributed by atoms with E-state index in [1.807, 2.05) is 17.0 Å². The van der Waals surface area contributed by atoms with Gasteiger partial charge in [0.2, 0.25) is 5.91 Å². The van der Waals surface area contributed by atoms with Crippen LogP contribution in [0.2, 0.25) is 0 Å². The molecule has 1 amide bonds. The number of amides is 1. The van der Waals surface area contributed by atoms with Gasteiger partial charge >= 0.3 is 0 Å². The first-order chi connectivity index (χ1) is 8.31. The van der Waals surface area contributed by atoms with Crippen LogP contribution in [0, 0.1) is 0 Å². The molecular formula is C14H17NO2. The van der Waals surface area contributed by atoms with Crippen molar-refractivity contribution in [3.05, 3.63) is 29.3 Å². The van der Waals surface area contributed by atoms with E-state index in [9.17, 15) is 4.79 Å². The zero-order valence-corrected chi connectivity index (χ0v) is 10.1. The SMILES string of the molecule is COc1cccc2c1CCC(=O)N1CCCC21. The number of rotatable bonds is 1. The topological polar surface area (TPSA) is 29.5 Å². The van der Waals surface area contributed by atoms with Crippen LogP contribution in [-0.2, 0) is 11.2 Å². The lowest BCUT2D eigenvalue weighted by Gasteiger charge is -2.23. The molecule has 3 rings (SSSR count). The maximum atomic E-state index is 12.0. The Kier molecular flexibility index (Phi) is 2.54. The highest BCUT2D eigenvalue weighted by molar-refractivity contribution is 5.78. The quantitative estimate of drug-likeness (QED) is 0.742. The second-order valence-electron chi connectivity index (χ2n) is 4.77. The zero-order chi connectivity index (χ0) is 11.8. The van der Waals surface area contributed by atoms with Crippen LogP contribution in [0.15, 0.2) is 18.2 Å². The summed E-state index contributed by atoms with van der Waals surface area (Å²) in [6.07, 6.45) is 3.63. The molecule has 2 aliphatic rings. The number of nitrogens with zero attached hydrogens (tertiary/aromatic N) is 1. The molecule has 2 aliphatic heterocycles. The summed E-state index contributed by atoms with van der Waals surface area (Å²) in [5, 5.41) is 0. The van der Waals surface area contributed by atoms with Gasteiger partial charge in [-0.1, -0.05) is 12.1 Å². The molecule has 0 aromatic heterocycles. The molecule has 0 spiro atoms. The normalized spacial score (nSPS) is 23.0. The fourth-order valence-corrected chi connectivity index (χ4v) is 3.12. The minimum atomic E-state index is 0.287. The molecule has 1 aromatic carbocycles. The third kappa shape index (κ3) is 1.61. The number of ether oxygens (including phenoxy) is 1. The Hall–Kier alpha value is -1.51. The first kappa shape index (κ1) is 10.6. The van der Waals surface area contributed by atoms with Gasteiger partial charge in [-0.2, -0.15) is 0 Å². The molecule has 0 saturated carbocycles. The van der Waals surface area contributed by atoms with E-state index in [0.29, 0.717) is 12.3 Å². The minimum absolute atomic E-state index is 0.287. The first-order valence-electron chi connectivity index (χ1n) is 6.26. The van der Waals surface area contributed by atoms with E-state index in [1.54, 1.807) is 7.11 Å². The number of hydrogen-bond acceptors (Lipinski definition) is 2. The Bertz CT molecular complexity index is 456. The second-order valence-corrected chi connectivity index (χ2v) is 4.77. The Labute approximate surface area is 101 Å². The van der Waals surface area contributed by atoms with E-state index in [1.165, 1.54) is 11.1 Å². The molecule has 2 heterocycles. The van der Waals surface area contributed by atoms with Crippen molar-refractivity contribution in [1.82, 2.24) is 4.90 Å². The maximum Gasteiger partial charge on any atom is 0.223 e. The van der Waals surface area contributed by atoms with Gasteiger partial charge in [0.05, 0.1) is 13.2 Å². The molecule has 17 heavy (non-hydrogen) atoms. The third-order valence-corrected chi connectivity index (χ3v) is 3.91. The molecule has 1 fully saturated rings. The average molecular weight is 231 g/mol. The lowest BCUT2D eigenvalue weighted by Crippen LogP contribution is -2.28. The van der Waals surface area contributed by atoms with Crippen molar-refractivity contribution in [2.45, 2.75) is 31.7 Å². The van der Waals surface area contributed by atoms with Crippen molar-refractivity contribution in [2.24, 2.45) is 0 Å². The molecule has 3 nitrogen and oxygen atoms in total. The van der Waals surface area contributed by atoms with E-state index in [0.717, 1.165) is 31.6 Å². The van der Waals surface area contributed by atoms with Gasteiger partial charge in [0.15, 0.2) is 0 Å². The Morgan fingerprint density at radius 2 is 2.24 bits per heavy atom. The summed E-state index contributed by atoms with van der Waals surface area (Å²) < 4.78 is 5.42. The fourth-order valence-electron chi connectivity index (χ4n) is 3.12. The smallest absolute Gasteiger partial charge is 0.223 e. The highest BCUT2D eigenvalue weighted by Crippen LogP contribution is 2.39. The van der Waals surface area contributed by atoms with Crippen LogP contribution in [0.5, 0.6) is 5.75 Å². The van der Waals surface area contributed by atoms with Crippen LogP contribution in [-0.4, -0.2) is 24.5 Å². The molecule has 0 N–H and O–H groups in total. The van der Waals surface area contributed by atoms with E-state index in [-0.39, 0.29) is 6.04 Å². The van der Waals surface area contributed by atoms with E-state index < -0.39 is 0 Å². The number of methoxy groups -OCH3 is 1. The molecule has 0 radical (unpaired) electrons. The average Bonchev–Trinajstić information content (AvgIpc) is 2.80. The molecule has 1 atom stereocenters. The summed E-state index contributed by atoms with van der Waals surface area (Å²) in [6.45, 7) is 0.917. The largest absolute Gasteiger partial charge is 0.496 e. The Balaban J connectivity index is 2.11. The standard InChI is InChI=1S/C14H17NO2/c1-17-13-6-2-4-10-11(13)7-8-14(16)15-9-3-5-12(10)15/h2,4,6,12H,3,5,7-9H2,1H3. The predicted molar refractivity (Wildman–Crippen MR) is 65.0 cm³/mol. The van der Waals surface area contributed by atoms with Gasteiger partial charge < -0.3 is 9.64 Å². The summed E-state index contributed by atoms with van der Waals surface area (Å²) >= 11 is 0. The van der Waals surface area contributed by atoms with Crippen LogP contribution >= 0.6 is 0 Å². The third-order valence-electron chi connectivity index (χ3n) is 3.91. The summed E-state index contributed by atoms with van der Waals surface area (Å²) in [6, 6.07) is 6.47. The van der Waals surface area contributed by atoms with Crippen LogP contribution in [0.4, 0.5) is 0 Å². The van der Waals surface area contributed by atoms with Gasteiger partial charge in [-0.3, -0.25) is 4.79 Å². The van der Waals surface area contributed by atoms with Crippen LogP contribution < -0.4 is 4.74 Å². The second kappa shape index (κ2) is 4.06. The van der Waals surface area contributed by atoms with Crippen molar-refractivity contribution in [3.8, 4) is 5.75 Å². The summed E-state index contributed by atoms with van der Waals surface area (Å²) in [5.74, 6) is 1.23. The number of benzene rings is 1. The zero-order valence-electron chi connectivity index (χ0n) is 10.1. The molecule has 3 heteroatoms. The predicted octanol–water partition coefficient (Wildman–Crippen LogP) is 2.30. The number of carbonyl (C=O) groups excluding carboxylic acids is 1. The van der Waals surface area contributed by atoms with Gasteiger partial charge in [-0.25, -0.2) is 0 Å². The van der Waals surface area contributed by atoms with E-state index >= 15 is 0 Å². The highest BCUT2D eigenvalue weighted by Gasteiger charge is 2.34. The van der Waals surface area contributed by atoms with Gasteiger partial charge in [0, 0.05) is 13.0 Å². The van der Waals surface area contributed by atoms with Gasteiger partial charge in [0.25, 0.3) is 0 Å². The lowest BCUT2D eigenvalue weighted by molar-refractivity contribution is -0.131. The summed E-state index contributed by atoms with van der Waals surface area (Å²) in [5.41, 5.74) is 2.53. The van der Waals surface area contributed by atoms with E-state index in [2.05, 4.69) is 6.07 Å². The van der Waals surface area contributed by atoms with Crippen molar-refractivity contribution >= 4 is 5.91 Å².